The van der Waals surface area contributed by atoms with Crippen molar-refractivity contribution in [2.24, 2.45) is 10.7 Å². The smallest absolute Gasteiger partial charge is 0.193 e. The van der Waals surface area contributed by atoms with E-state index in [9.17, 15) is 5.26 Å². The predicted molar refractivity (Wildman–Crippen MR) is 112 cm³/mol. The number of rotatable bonds is 6. The van der Waals surface area contributed by atoms with Gasteiger partial charge in [0.1, 0.15) is 17.5 Å². The van der Waals surface area contributed by atoms with Crippen molar-refractivity contribution in [1.82, 2.24) is 9.78 Å². The van der Waals surface area contributed by atoms with Gasteiger partial charge in [-0.2, -0.15) is 10.4 Å². The molecule has 0 saturated carbocycles. The molecule has 1 aromatic heterocycles. The summed E-state index contributed by atoms with van der Waals surface area (Å²) in [5, 5.41) is 17.0. The zero-order valence-electron chi connectivity index (χ0n) is 15.8. The summed E-state index contributed by atoms with van der Waals surface area (Å²) in [6.45, 7) is 2.55. The van der Waals surface area contributed by atoms with E-state index in [2.05, 4.69) is 21.5 Å². The third-order valence-electron chi connectivity index (χ3n) is 4.28. The fraction of sp³-hybridized carbons (Fsp3) is 0.190. The zero-order valence-corrected chi connectivity index (χ0v) is 15.8. The SMILES string of the molecule is Cc1ccc(NC(N)=NCCCc2nn(-c3ccccc3)c(N)c2C#N)cc1. The Balaban J connectivity index is 1.61. The number of nitriles is 1. The van der Waals surface area contributed by atoms with Crippen LogP contribution in [-0.4, -0.2) is 22.3 Å². The second-order valence-corrected chi connectivity index (χ2v) is 6.43. The Morgan fingerprint density at radius 3 is 2.57 bits per heavy atom. The Hall–Kier alpha value is -3.79. The molecule has 7 heteroatoms. The molecule has 0 radical (unpaired) electrons. The van der Waals surface area contributed by atoms with Gasteiger partial charge in [-0.25, -0.2) is 4.68 Å². The number of benzene rings is 2. The summed E-state index contributed by atoms with van der Waals surface area (Å²) in [6.07, 6.45) is 1.30. The number of anilines is 2. The number of nitrogens with one attached hydrogen (secondary N) is 1. The highest BCUT2D eigenvalue weighted by molar-refractivity contribution is 5.92. The highest BCUT2D eigenvalue weighted by atomic mass is 15.3. The van der Waals surface area contributed by atoms with Gasteiger partial charge in [0, 0.05) is 12.2 Å². The van der Waals surface area contributed by atoms with Crippen LogP contribution in [0.15, 0.2) is 59.6 Å². The molecule has 5 N–H and O–H groups in total. The second kappa shape index (κ2) is 8.73. The molecule has 0 aliphatic rings. The first-order valence-electron chi connectivity index (χ1n) is 9.05. The first-order valence-corrected chi connectivity index (χ1v) is 9.05. The van der Waals surface area contributed by atoms with Crippen LogP contribution in [-0.2, 0) is 6.42 Å². The van der Waals surface area contributed by atoms with Crippen LogP contribution in [0.1, 0.15) is 23.2 Å². The Morgan fingerprint density at radius 2 is 1.89 bits per heavy atom. The maximum absolute atomic E-state index is 9.45. The number of nitrogen functional groups attached to an aromatic ring is 1. The molecule has 1 heterocycles. The van der Waals surface area contributed by atoms with Gasteiger partial charge in [-0.3, -0.25) is 4.99 Å². The summed E-state index contributed by atoms with van der Waals surface area (Å²) in [4.78, 5) is 4.33. The van der Waals surface area contributed by atoms with Crippen LogP contribution < -0.4 is 16.8 Å². The molecular weight excluding hydrogens is 350 g/mol. The van der Waals surface area contributed by atoms with E-state index in [1.54, 1.807) is 4.68 Å². The van der Waals surface area contributed by atoms with Gasteiger partial charge in [0.15, 0.2) is 5.96 Å². The predicted octanol–water partition coefficient (Wildman–Crippen LogP) is 2.99. The van der Waals surface area contributed by atoms with Crippen LogP contribution in [0.5, 0.6) is 0 Å². The molecule has 28 heavy (non-hydrogen) atoms. The van der Waals surface area contributed by atoms with Gasteiger partial charge in [-0.15, -0.1) is 0 Å². The van der Waals surface area contributed by atoms with Gasteiger partial charge in [-0.05, 0) is 44.0 Å². The molecule has 3 rings (SSSR count). The minimum Gasteiger partial charge on any atom is -0.382 e. The topological polar surface area (TPSA) is 118 Å². The van der Waals surface area contributed by atoms with Crippen molar-refractivity contribution in [3.63, 3.8) is 0 Å². The van der Waals surface area contributed by atoms with E-state index >= 15 is 0 Å². The number of guanidine groups is 1. The van der Waals surface area contributed by atoms with Gasteiger partial charge in [0.2, 0.25) is 0 Å². The summed E-state index contributed by atoms with van der Waals surface area (Å²) in [7, 11) is 0. The second-order valence-electron chi connectivity index (χ2n) is 6.43. The van der Waals surface area contributed by atoms with Gasteiger partial charge >= 0.3 is 0 Å². The molecule has 0 fully saturated rings. The molecular formula is C21H23N7. The normalized spacial score (nSPS) is 11.2. The fourth-order valence-corrected chi connectivity index (χ4v) is 2.81. The summed E-state index contributed by atoms with van der Waals surface area (Å²) in [6, 6.07) is 19.6. The van der Waals surface area contributed by atoms with E-state index in [1.165, 1.54) is 5.56 Å². The minimum atomic E-state index is 0.354. The van der Waals surface area contributed by atoms with Gasteiger partial charge in [0.25, 0.3) is 0 Å². The summed E-state index contributed by atoms with van der Waals surface area (Å²) in [5.41, 5.74) is 16.0. The summed E-state index contributed by atoms with van der Waals surface area (Å²) < 4.78 is 1.60. The van der Waals surface area contributed by atoms with Crippen molar-refractivity contribution in [1.29, 1.82) is 5.26 Å². The molecule has 0 amide bonds. The Morgan fingerprint density at radius 1 is 1.18 bits per heavy atom. The Bertz CT molecular complexity index is 996. The number of para-hydroxylation sites is 1. The molecule has 0 spiro atoms. The number of aromatic nitrogens is 2. The molecule has 3 aromatic rings. The highest BCUT2D eigenvalue weighted by Gasteiger charge is 2.15. The molecule has 0 bridgehead atoms. The molecule has 0 unspecified atom stereocenters. The third-order valence-corrected chi connectivity index (χ3v) is 4.28. The van der Waals surface area contributed by atoms with E-state index in [0.29, 0.717) is 42.4 Å². The first kappa shape index (κ1) is 19.0. The van der Waals surface area contributed by atoms with E-state index in [1.807, 2.05) is 61.5 Å². The van der Waals surface area contributed by atoms with Gasteiger partial charge in [0.05, 0.1) is 11.4 Å². The van der Waals surface area contributed by atoms with Crippen LogP contribution in [0.3, 0.4) is 0 Å². The lowest BCUT2D eigenvalue weighted by Crippen LogP contribution is -2.22. The maximum atomic E-state index is 9.45. The Labute approximate surface area is 164 Å². The van der Waals surface area contributed by atoms with Crippen LogP contribution >= 0.6 is 0 Å². The van der Waals surface area contributed by atoms with Crippen LogP contribution in [0.4, 0.5) is 11.5 Å². The fourth-order valence-electron chi connectivity index (χ4n) is 2.81. The van der Waals surface area contributed by atoms with Crippen molar-refractivity contribution in [3.05, 3.63) is 71.4 Å². The molecule has 0 aliphatic carbocycles. The van der Waals surface area contributed by atoms with Gasteiger partial charge < -0.3 is 16.8 Å². The summed E-state index contributed by atoms with van der Waals surface area (Å²) in [5.74, 6) is 0.714. The molecule has 0 aliphatic heterocycles. The number of aryl methyl sites for hydroxylation is 2. The van der Waals surface area contributed by atoms with Crippen molar-refractivity contribution in [3.8, 4) is 11.8 Å². The number of hydrogen-bond acceptors (Lipinski definition) is 4. The lowest BCUT2D eigenvalue weighted by atomic mass is 10.1. The van der Waals surface area contributed by atoms with E-state index < -0.39 is 0 Å². The van der Waals surface area contributed by atoms with Crippen LogP contribution in [0, 0.1) is 18.3 Å². The van der Waals surface area contributed by atoms with Crippen molar-refractivity contribution < 1.29 is 0 Å². The quantitative estimate of drug-likeness (QED) is 0.349. The third kappa shape index (κ3) is 4.48. The molecule has 0 saturated heterocycles. The number of hydrogen-bond donors (Lipinski definition) is 3. The van der Waals surface area contributed by atoms with E-state index in [0.717, 1.165) is 11.4 Å². The lowest BCUT2D eigenvalue weighted by molar-refractivity contribution is 0.776. The van der Waals surface area contributed by atoms with E-state index in [4.69, 9.17) is 11.5 Å². The van der Waals surface area contributed by atoms with Crippen LogP contribution in [0.25, 0.3) is 5.69 Å². The summed E-state index contributed by atoms with van der Waals surface area (Å²) >= 11 is 0. The minimum absolute atomic E-state index is 0.354. The standard InChI is InChI=1S/C21H23N7/c1-15-9-11-16(12-10-15)26-21(24)25-13-5-8-19-18(14-22)20(23)28(27-19)17-6-3-2-4-7-17/h2-4,6-7,9-12H,5,8,13,23H2,1H3,(H3,24,25,26). The van der Waals surface area contributed by atoms with E-state index in [-0.39, 0.29) is 0 Å². The monoisotopic (exact) mass is 373 g/mol. The maximum Gasteiger partial charge on any atom is 0.193 e. The lowest BCUT2D eigenvalue weighted by Gasteiger charge is -2.05. The number of aliphatic imine (C=N–C) groups is 1. The zero-order chi connectivity index (χ0) is 19.9. The number of nitrogens with zero attached hydrogens (tertiary/aromatic N) is 4. The molecule has 7 nitrogen and oxygen atoms in total. The van der Waals surface area contributed by atoms with Gasteiger partial charge in [-0.1, -0.05) is 35.9 Å². The van der Waals surface area contributed by atoms with Crippen LogP contribution in [0.2, 0.25) is 0 Å². The van der Waals surface area contributed by atoms with Crippen molar-refractivity contribution in [2.45, 2.75) is 19.8 Å². The Kier molecular flexibility index (Phi) is 5.92. The molecule has 2 aromatic carbocycles. The first-order chi connectivity index (χ1) is 13.6. The van der Waals surface area contributed by atoms with Crippen molar-refractivity contribution >= 4 is 17.5 Å². The largest absolute Gasteiger partial charge is 0.382 e. The van der Waals surface area contributed by atoms with Crippen molar-refractivity contribution in [2.75, 3.05) is 17.6 Å². The highest BCUT2D eigenvalue weighted by Crippen LogP contribution is 2.21. The average molecular weight is 373 g/mol. The molecule has 142 valence electrons. The molecule has 0 atom stereocenters. The number of nitrogens with two attached hydrogens (primary N) is 2. The average Bonchev–Trinajstić information content (AvgIpc) is 3.03.